The van der Waals surface area contributed by atoms with Crippen LogP contribution in [0.15, 0.2) is 22.7 Å². The maximum atomic E-state index is 12.6. The van der Waals surface area contributed by atoms with E-state index in [4.69, 9.17) is 5.26 Å². The molecule has 0 saturated carbocycles. The Labute approximate surface area is 117 Å². The molecule has 0 atom stereocenters. The SMILES string of the molecule is N#Cc1ccc(Br)cc1N1CCC(C(F)(F)F)CC1. The topological polar surface area (TPSA) is 27.0 Å². The zero-order valence-corrected chi connectivity index (χ0v) is 11.6. The summed E-state index contributed by atoms with van der Waals surface area (Å²) < 4.78 is 38.6. The average molecular weight is 333 g/mol. The standard InChI is InChI=1S/C13H12BrF3N2/c14-11-2-1-9(8-18)12(7-11)19-5-3-10(4-6-19)13(15,16)17/h1-2,7,10H,3-6H2. The van der Waals surface area contributed by atoms with Gasteiger partial charge < -0.3 is 4.90 Å². The van der Waals surface area contributed by atoms with Crippen LogP contribution in [0.2, 0.25) is 0 Å². The molecule has 0 radical (unpaired) electrons. The van der Waals surface area contributed by atoms with Gasteiger partial charge in [0.1, 0.15) is 6.07 Å². The molecular weight excluding hydrogens is 321 g/mol. The molecule has 2 nitrogen and oxygen atoms in total. The quantitative estimate of drug-likeness (QED) is 0.774. The molecule has 0 aliphatic carbocycles. The van der Waals surface area contributed by atoms with Crippen molar-refractivity contribution in [3.8, 4) is 6.07 Å². The molecule has 1 aliphatic heterocycles. The lowest BCUT2D eigenvalue weighted by Crippen LogP contribution is -2.39. The van der Waals surface area contributed by atoms with Gasteiger partial charge in [0.05, 0.1) is 17.2 Å². The summed E-state index contributed by atoms with van der Waals surface area (Å²) in [5, 5.41) is 9.05. The number of halogens is 4. The van der Waals surface area contributed by atoms with Gasteiger partial charge in [-0.25, -0.2) is 0 Å². The van der Waals surface area contributed by atoms with E-state index in [-0.39, 0.29) is 12.8 Å². The van der Waals surface area contributed by atoms with Crippen molar-refractivity contribution in [3.05, 3.63) is 28.2 Å². The highest BCUT2D eigenvalue weighted by Crippen LogP contribution is 2.36. The largest absolute Gasteiger partial charge is 0.391 e. The number of nitrogens with zero attached hydrogens (tertiary/aromatic N) is 2. The monoisotopic (exact) mass is 332 g/mol. The second-order valence-corrected chi connectivity index (χ2v) is 5.49. The van der Waals surface area contributed by atoms with Crippen molar-refractivity contribution < 1.29 is 13.2 Å². The molecule has 0 unspecified atom stereocenters. The van der Waals surface area contributed by atoms with Crippen LogP contribution in [0.1, 0.15) is 18.4 Å². The Bertz CT molecular complexity index is 500. The predicted octanol–water partition coefficient (Wildman–Crippen LogP) is 4.10. The van der Waals surface area contributed by atoms with Crippen LogP contribution in [-0.2, 0) is 0 Å². The van der Waals surface area contributed by atoms with Crippen molar-refractivity contribution >= 4 is 21.6 Å². The van der Waals surface area contributed by atoms with Crippen LogP contribution in [0.3, 0.4) is 0 Å². The van der Waals surface area contributed by atoms with Gasteiger partial charge in [-0.1, -0.05) is 15.9 Å². The highest BCUT2D eigenvalue weighted by atomic mass is 79.9. The lowest BCUT2D eigenvalue weighted by Gasteiger charge is -2.34. The number of anilines is 1. The summed E-state index contributed by atoms with van der Waals surface area (Å²) in [6.07, 6.45) is -3.94. The summed E-state index contributed by atoms with van der Waals surface area (Å²) in [6.45, 7) is 0.657. The molecule has 0 bridgehead atoms. The zero-order valence-electron chi connectivity index (χ0n) is 10.0. The van der Waals surface area contributed by atoms with Gasteiger partial charge >= 0.3 is 6.18 Å². The van der Waals surface area contributed by atoms with Gasteiger partial charge in [-0.3, -0.25) is 0 Å². The van der Waals surface area contributed by atoms with Crippen molar-refractivity contribution in [2.24, 2.45) is 5.92 Å². The molecule has 2 rings (SSSR count). The fourth-order valence-electron chi connectivity index (χ4n) is 2.31. The average Bonchev–Trinajstić information content (AvgIpc) is 2.38. The van der Waals surface area contributed by atoms with E-state index in [2.05, 4.69) is 22.0 Å². The van der Waals surface area contributed by atoms with Gasteiger partial charge in [-0.2, -0.15) is 18.4 Å². The number of rotatable bonds is 1. The van der Waals surface area contributed by atoms with E-state index in [1.165, 1.54) is 0 Å². The molecule has 0 amide bonds. The normalized spacial score (nSPS) is 17.3. The summed E-state index contributed by atoms with van der Waals surface area (Å²) in [4.78, 5) is 1.85. The molecule has 1 aliphatic rings. The summed E-state index contributed by atoms with van der Waals surface area (Å²) in [6, 6.07) is 7.29. The van der Waals surface area contributed by atoms with Crippen LogP contribution >= 0.6 is 15.9 Å². The van der Waals surface area contributed by atoms with Gasteiger partial charge in [0, 0.05) is 17.6 Å². The number of alkyl halides is 3. The maximum Gasteiger partial charge on any atom is 0.391 e. The Balaban J connectivity index is 2.14. The van der Waals surface area contributed by atoms with Crippen LogP contribution in [0.4, 0.5) is 18.9 Å². The van der Waals surface area contributed by atoms with E-state index in [1.807, 2.05) is 4.90 Å². The van der Waals surface area contributed by atoms with Gasteiger partial charge in [-0.15, -0.1) is 0 Å². The van der Waals surface area contributed by atoms with E-state index >= 15 is 0 Å². The first-order chi connectivity index (χ1) is 8.91. The fraction of sp³-hybridized carbons (Fsp3) is 0.462. The molecule has 6 heteroatoms. The number of hydrogen-bond donors (Lipinski definition) is 0. The van der Waals surface area contributed by atoms with E-state index < -0.39 is 12.1 Å². The van der Waals surface area contributed by atoms with Gasteiger partial charge in [-0.05, 0) is 31.0 Å². The first-order valence-corrected chi connectivity index (χ1v) is 6.72. The number of nitriles is 1. The van der Waals surface area contributed by atoms with Gasteiger partial charge in [0.2, 0.25) is 0 Å². The van der Waals surface area contributed by atoms with Gasteiger partial charge in [0.15, 0.2) is 0 Å². The molecule has 1 fully saturated rings. The van der Waals surface area contributed by atoms with Gasteiger partial charge in [0.25, 0.3) is 0 Å². The minimum atomic E-state index is -4.11. The van der Waals surface area contributed by atoms with Crippen LogP contribution in [0.5, 0.6) is 0 Å². The molecule has 19 heavy (non-hydrogen) atoms. The second kappa shape index (κ2) is 5.41. The number of hydrogen-bond acceptors (Lipinski definition) is 2. The van der Waals surface area contributed by atoms with E-state index in [1.54, 1.807) is 18.2 Å². The molecule has 1 heterocycles. The summed E-state index contributed by atoms with van der Waals surface area (Å²) in [5.41, 5.74) is 1.20. The first kappa shape index (κ1) is 14.2. The smallest absolute Gasteiger partial charge is 0.370 e. The number of benzene rings is 1. The predicted molar refractivity (Wildman–Crippen MR) is 69.8 cm³/mol. The van der Waals surface area contributed by atoms with Crippen LogP contribution in [-0.4, -0.2) is 19.3 Å². The third-order valence-corrected chi connectivity index (χ3v) is 3.87. The van der Waals surface area contributed by atoms with Crippen molar-refractivity contribution in [3.63, 3.8) is 0 Å². The van der Waals surface area contributed by atoms with E-state index in [9.17, 15) is 13.2 Å². The van der Waals surface area contributed by atoms with Crippen molar-refractivity contribution in [1.82, 2.24) is 0 Å². The second-order valence-electron chi connectivity index (χ2n) is 4.58. The van der Waals surface area contributed by atoms with Crippen LogP contribution < -0.4 is 4.90 Å². The molecule has 1 saturated heterocycles. The zero-order chi connectivity index (χ0) is 14.0. The lowest BCUT2D eigenvalue weighted by molar-refractivity contribution is -0.179. The van der Waals surface area contributed by atoms with E-state index in [0.29, 0.717) is 24.3 Å². The van der Waals surface area contributed by atoms with Crippen molar-refractivity contribution in [2.45, 2.75) is 19.0 Å². The minimum absolute atomic E-state index is 0.0842. The highest BCUT2D eigenvalue weighted by Gasteiger charge is 2.41. The van der Waals surface area contributed by atoms with E-state index in [0.717, 1.165) is 4.47 Å². The lowest BCUT2D eigenvalue weighted by atomic mass is 9.95. The van der Waals surface area contributed by atoms with Crippen molar-refractivity contribution in [2.75, 3.05) is 18.0 Å². The molecule has 0 spiro atoms. The Morgan fingerprint density at radius 1 is 1.26 bits per heavy atom. The Kier molecular flexibility index (Phi) is 4.04. The number of piperidine rings is 1. The summed E-state index contributed by atoms with van der Waals surface area (Å²) in [5.74, 6) is -1.22. The fourth-order valence-corrected chi connectivity index (χ4v) is 2.66. The summed E-state index contributed by atoms with van der Waals surface area (Å²) >= 11 is 3.32. The Hall–Kier alpha value is -1.22. The third kappa shape index (κ3) is 3.21. The Morgan fingerprint density at radius 3 is 2.42 bits per heavy atom. The Morgan fingerprint density at radius 2 is 1.89 bits per heavy atom. The minimum Gasteiger partial charge on any atom is -0.370 e. The maximum absolute atomic E-state index is 12.6. The first-order valence-electron chi connectivity index (χ1n) is 5.93. The van der Waals surface area contributed by atoms with Crippen LogP contribution in [0, 0.1) is 17.2 Å². The molecule has 102 valence electrons. The molecule has 0 aromatic heterocycles. The molecule has 1 aromatic rings. The summed E-state index contributed by atoms with van der Waals surface area (Å²) in [7, 11) is 0. The van der Waals surface area contributed by atoms with Crippen molar-refractivity contribution in [1.29, 1.82) is 5.26 Å². The van der Waals surface area contributed by atoms with Crippen LogP contribution in [0.25, 0.3) is 0 Å². The molecular formula is C13H12BrF3N2. The highest BCUT2D eigenvalue weighted by molar-refractivity contribution is 9.10. The third-order valence-electron chi connectivity index (χ3n) is 3.38. The molecule has 0 N–H and O–H groups in total. The molecule has 1 aromatic carbocycles.